The highest BCUT2D eigenvalue weighted by atomic mass is 19.2. The van der Waals surface area contributed by atoms with Gasteiger partial charge in [-0.1, -0.05) is 59.7 Å². The fraction of sp³-hybridized carbons (Fsp3) is 0.593. The monoisotopic (exact) mass is 482 g/mol. The van der Waals surface area contributed by atoms with Crippen LogP contribution in [0.5, 0.6) is 0 Å². The summed E-state index contributed by atoms with van der Waals surface area (Å²) >= 11 is 0. The van der Waals surface area contributed by atoms with Crippen molar-refractivity contribution < 1.29 is 22.0 Å². The summed E-state index contributed by atoms with van der Waals surface area (Å²) < 4.78 is 77.4. The van der Waals surface area contributed by atoms with E-state index < -0.39 is 45.8 Å². The molecule has 0 spiro atoms. The molecule has 0 saturated carbocycles. The predicted molar refractivity (Wildman–Crippen MR) is 126 cm³/mol. The smallest absolute Gasteiger partial charge is 0.252 e. The number of aromatic nitrogens is 1. The lowest BCUT2D eigenvalue weighted by Gasteiger charge is -2.48. The molecule has 3 rings (SSSR count). The third kappa shape index (κ3) is 3.61. The highest BCUT2D eigenvalue weighted by Gasteiger charge is 2.68. The Bertz CT molecular complexity index is 1020. The van der Waals surface area contributed by atoms with Crippen molar-refractivity contribution in [2.45, 2.75) is 97.8 Å². The largest absolute Gasteiger partial charge is 0.329 e. The van der Waals surface area contributed by atoms with Crippen molar-refractivity contribution in [2.24, 2.45) is 5.41 Å². The van der Waals surface area contributed by atoms with Gasteiger partial charge in [-0.15, -0.1) is 0 Å². The lowest BCUT2D eigenvalue weighted by Crippen LogP contribution is -2.53. The molecule has 0 aliphatic carbocycles. The number of halogens is 5. The van der Waals surface area contributed by atoms with E-state index in [-0.39, 0.29) is 31.1 Å². The standard InChI is InChI=1S/C27H35F5N2/c1-9-26(10-2)14-25(7,8)34(22-17(15(3)4)12-11-13-18(22)16(5)6)27(26,32)19-20(28)23(30)33-24(31)21(19)29/h11-13,15-16H,9-10,14H2,1-8H3/t27-/m0/s1. The van der Waals surface area contributed by atoms with Crippen LogP contribution in [0.2, 0.25) is 0 Å². The van der Waals surface area contributed by atoms with Gasteiger partial charge in [0.15, 0.2) is 11.6 Å². The number of para-hydroxylation sites is 1. The van der Waals surface area contributed by atoms with Gasteiger partial charge >= 0.3 is 0 Å². The van der Waals surface area contributed by atoms with Crippen LogP contribution in [-0.2, 0) is 5.79 Å². The molecule has 1 fully saturated rings. The molecule has 1 saturated heterocycles. The second-order valence-corrected chi connectivity index (χ2v) is 10.7. The highest BCUT2D eigenvalue weighted by Crippen LogP contribution is 2.65. The van der Waals surface area contributed by atoms with Crippen LogP contribution >= 0.6 is 0 Å². The maximum atomic E-state index is 18.1. The number of nitrogens with zero attached hydrogens (tertiary/aromatic N) is 2. The molecule has 1 aliphatic heterocycles. The Morgan fingerprint density at radius 1 is 0.882 bits per heavy atom. The van der Waals surface area contributed by atoms with Crippen molar-refractivity contribution >= 4 is 5.69 Å². The number of pyridine rings is 1. The number of rotatable bonds is 6. The molecule has 7 heteroatoms. The summed E-state index contributed by atoms with van der Waals surface area (Å²) in [4.78, 5) is 4.11. The fourth-order valence-electron chi connectivity index (χ4n) is 6.03. The average Bonchev–Trinajstić information content (AvgIpc) is 2.94. The van der Waals surface area contributed by atoms with Crippen molar-refractivity contribution in [1.29, 1.82) is 0 Å². The highest BCUT2D eigenvalue weighted by molar-refractivity contribution is 5.67. The van der Waals surface area contributed by atoms with Crippen LogP contribution in [0.4, 0.5) is 27.6 Å². The third-order valence-corrected chi connectivity index (χ3v) is 7.64. The van der Waals surface area contributed by atoms with E-state index in [2.05, 4.69) is 4.98 Å². The molecule has 2 aromatic rings. The Labute approximate surface area is 199 Å². The molecule has 0 N–H and O–H groups in total. The van der Waals surface area contributed by atoms with Crippen LogP contribution in [0, 0.1) is 28.9 Å². The van der Waals surface area contributed by atoms with Crippen LogP contribution in [-0.4, -0.2) is 10.5 Å². The zero-order valence-electron chi connectivity index (χ0n) is 21.3. The quantitative estimate of drug-likeness (QED) is 0.233. The Morgan fingerprint density at radius 2 is 1.32 bits per heavy atom. The van der Waals surface area contributed by atoms with Crippen LogP contribution in [0.25, 0.3) is 0 Å². The molecular formula is C27H35F5N2. The van der Waals surface area contributed by atoms with E-state index in [1.807, 2.05) is 59.7 Å². The summed E-state index contributed by atoms with van der Waals surface area (Å²) in [7, 11) is 0. The second kappa shape index (κ2) is 8.80. The first-order valence-electron chi connectivity index (χ1n) is 12.0. The summed E-state index contributed by atoms with van der Waals surface area (Å²) in [6, 6.07) is 5.64. The summed E-state index contributed by atoms with van der Waals surface area (Å²) in [6.07, 6.45) is 0.661. The van der Waals surface area contributed by atoms with E-state index in [0.717, 1.165) is 11.1 Å². The van der Waals surface area contributed by atoms with Gasteiger partial charge < -0.3 is 4.90 Å². The van der Waals surface area contributed by atoms with Gasteiger partial charge in [0.05, 0.1) is 5.56 Å². The molecule has 2 heterocycles. The lowest BCUT2D eigenvalue weighted by molar-refractivity contribution is 0.00203. The molecule has 1 aromatic heterocycles. The summed E-state index contributed by atoms with van der Waals surface area (Å²) in [5.74, 6) is -10.2. The number of benzene rings is 1. The minimum atomic E-state index is -2.87. The first-order chi connectivity index (χ1) is 15.7. The normalized spacial score (nSPS) is 21.7. The van der Waals surface area contributed by atoms with E-state index in [4.69, 9.17) is 0 Å². The molecule has 1 aromatic carbocycles. The maximum Gasteiger partial charge on any atom is 0.252 e. The van der Waals surface area contributed by atoms with Crippen LogP contribution < -0.4 is 4.90 Å². The van der Waals surface area contributed by atoms with Gasteiger partial charge in [-0.3, -0.25) is 0 Å². The van der Waals surface area contributed by atoms with E-state index in [0.29, 0.717) is 5.69 Å². The van der Waals surface area contributed by atoms with Gasteiger partial charge in [0, 0.05) is 16.6 Å². The van der Waals surface area contributed by atoms with E-state index in [1.54, 1.807) is 13.8 Å². The van der Waals surface area contributed by atoms with Gasteiger partial charge in [-0.2, -0.15) is 13.8 Å². The minimum Gasteiger partial charge on any atom is -0.329 e. The minimum absolute atomic E-state index is 0.0346. The Morgan fingerprint density at radius 3 is 1.71 bits per heavy atom. The third-order valence-electron chi connectivity index (χ3n) is 7.64. The summed E-state index contributed by atoms with van der Waals surface area (Å²) in [6.45, 7) is 15.0. The first-order valence-corrected chi connectivity index (χ1v) is 12.0. The Kier molecular flexibility index (Phi) is 6.84. The van der Waals surface area contributed by atoms with Crippen molar-refractivity contribution in [3.05, 3.63) is 58.4 Å². The molecule has 0 radical (unpaired) electrons. The topological polar surface area (TPSA) is 16.1 Å². The number of anilines is 1. The average molecular weight is 483 g/mol. The zero-order valence-corrected chi connectivity index (χ0v) is 21.3. The van der Waals surface area contributed by atoms with E-state index in [9.17, 15) is 8.78 Å². The second-order valence-electron chi connectivity index (χ2n) is 10.7. The fourth-order valence-corrected chi connectivity index (χ4v) is 6.03. The van der Waals surface area contributed by atoms with Gasteiger partial charge in [-0.25, -0.2) is 13.2 Å². The zero-order chi connectivity index (χ0) is 25.8. The molecule has 2 nitrogen and oxygen atoms in total. The summed E-state index contributed by atoms with van der Waals surface area (Å²) in [5, 5.41) is 0. The number of alkyl halides is 1. The molecule has 0 amide bonds. The van der Waals surface area contributed by atoms with Crippen molar-refractivity contribution in [2.75, 3.05) is 4.90 Å². The molecule has 34 heavy (non-hydrogen) atoms. The lowest BCUT2D eigenvalue weighted by atomic mass is 9.69. The van der Waals surface area contributed by atoms with Crippen LogP contribution in [0.1, 0.15) is 103 Å². The van der Waals surface area contributed by atoms with Gasteiger partial charge in [-0.05, 0) is 56.1 Å². The summed E-state index contributed by atoms with van der Waals surface area (Å²) in [5.41, 5.74) is -1.33. The van der Waals surface area contributed by atoms with Crippen LogP contribution in [0.15, 0.2) is 18.2 Å². The molecule has 1 atom stereocenters. The predicted octanol–water partition coefficient (Wildman–Crippen LogP) is 8.50. The van der Waals surface area contributed by atoms with Gasteiger partial charge in [0.1, 0.15) is 0 Å². The van der Waals surface area contributed by atoms with Crippen molar-refractivity contribution in [1.82, 2.24) is 4.98 Å². The van der Waals surface area contributed by atoms with Gasteiger partial charge in [0.25, 0.3) is 11.9 Å². The molecule has 188 valence electrons. The molecular weight excluding hydrogens is 447 g/mol. The Hall–Kier alpha value is -2.18. The number of hydrogen-bond donors (Lipinski definition) is 0. The molecule has 1 aliphatic rings. The SMILES string of the molecule is CCC1(CC)CC(C)(C)N(c2c(C(C)C)cccc2C(C)C)[C@@]1(F)c1c(F)c(F)nc(F)c1F. The van der Waals surface area contributed by atoms with E-state index in [1.165, 1.54) is 4.90 Å². The Balaban J connectivity index is 2.57. The van der Waals surface area contributed by atoms with Gasteiger partial charge in [0.2, 0.25) is 5.79 Å². The van der Waals surface area contributed by atoms with Crippen LogP contribution in [0.3, 0.4) is 0 Å². The van der Waals surface area contributed by atoms with E-state index >= 15 is 13.2 Å². The molecule has 0 bridgehead atoms. The van der Waals surface area contributed by atoms with Crippen molar-refractivity contribution in [3.63, 3.8) is 0 Å². The number of hydrogen-bond acceptors (Lipinski definition) is 2. The first kappa shape index (κ1) is 26.4. The molecule has 0 unspecified atom stereocenters. The maximum absolute atomic E-state index is 18.1. The van der Waals surface area contributed by atoms with Crippen molar-refractivity contribution in [3.8, 4) is 0 Å².